The lowest BCUT2D eigenvalue weighted by molar-refractivity contribution is 0.0897. The fraction of sp³-hybridized carbons (Fsp3) is 0.588. The van der Waals surface area contributed by atoms with Crippen molar-refractivity contribution >= 4 is 15.9 Å². The van der Waals surface area contributed by atoms with Gasteiger partial charge in [-0.05, 0) is 70.7 Å². The van der Waals surface area contributed by atoms with Crippen molar-refractivity contribution in [2.45, 2.75) is 56.5 Å². The number of hydrogen-bond acceptors (Lipinski definition) is 4. The molecule has 0 saturated heterocycles. The number of benzene rings is 1. The monoisotopic (exact) mass is 353 g/mol. The van der Waals surface area contributed by atoms with E-state index in [4.69, 9.17) is 5.73 Å². The highest BCUT2D eigenvalue weighted by atomic mass is 32.2. The zero-order chi connectivity index (χ0) is 18.2. The molecule has 1 fully saturated rings. The quantitative estimate of drug-likeness (QED) is 0.723. The molecule has 0 spiro atoms. The van der Waals surface area contributed by atoms with Crippen LogP contribution in [0.25, 0.3) is 0 Å². The summed E-state index contributed by atoms with van der Waals surface area (Å²) in [5, 5.41) is 2.99. The summed E-state index contributed by atoms with van der Waals surface area (Å²) in [6.45, 7) is 7.66. The summed E-state index contributed by atoms with van der Waals surface area (Å²) in [5.41, 5.74) is 5.26. The van der Waals surface area contributed by atoms with Gasteiger partial charge in [0.2, 0.25) is 10.0 Å². The maximum absolute atomic E-state index is 12.4. The van der Waals surface area contributed by atoms with Crippen LogP contribution in [0, 0.1) is 5.92 Å². The highest BCUT2D eigenvalue weighted by Gasteiger charge is 2.41. The first-order valence-electron chi connectivity index (χ1n) is 8.13. The van der Waals surface area contributed by atoms with Crippen molar-refractivity contribution < 1.29 is 13.2 Å². The van der Waals surface area contributed by atoms with E-state index in [1.165, 1.54) is 24.3 Å². The normalized spacial score (nSPS) is 18.0. The minimum Gasteiger partial charge on any atom is -0.345 e. The zero-order valence-electron chi connectivity index (χ0n) is 14.7. The van der Waals surface area contributed by atoms with Gasteiger partial charge in [-0.3, -0.25) is 4.79 Å². The van der Waals surface area contributed by atoms with Crippen LogP contribution in [0.5, 0.6) is 0 Å². The first-order chi connectivity index (χ1) is 11.0. The predicted octanol–water partition coefficient (Wildman–Crippen LogP) is 1.62. The van der Waals surface area contributed by atoms with E-state index < -0.39 is 21.1 Å². The topological polar surface area (TPSA) is 101 Å². The Balaban J connectivity index is 2.13. The average molecular weight is 353 g/mol. The second kappa shape index (κ2) is 6.46. The lowest BCUT2D eigenvalue weighted by atomic mass is 9.95. The Labute approximate surface area is 144 Å². The van der Waals surface area contributed by atoms with Crippen LogP contribution in [0.4, 0.5) is 0 Å². The van der Waals surface area contributed by atoms with E-state index >= 15 is 0 Å². The number of carbonyl (C=O) groups excluding carboxylic acids is 1. The van der Waals surface area contributed by atoms with Crippen molar-refractivity contribution in [1.29, 1.82) is 0 Å². The van der Waals surface area contributed by atoms with Crippen molar-refractivity contribution in [2.75, 3.05) is 6.54 Å². The number of sulfonamides is 1. The van der Waals surface area contributed by atoms with E-state index in [0.29, 0.717) is 18.0 Å². The highest BCUT2D eigenvalue weighted by Crippen LogP contribution is 2.39. The zero-order valence-corrected chi connectivity index (χ0v) is 15.5. The Morgan fingerprint density at radius 1 is 1.17 bits per heavy atom. The van der Waals surface area contributed by atoms with Gasteiger partial charge in [-0.2, -0.15) is 0 Å². The molecule has 24 heavy (non-hydrogen) atoms. The maximum atomic E-state index is 12.4. The SMILES string of the molecule is CC(C)(C)NS(=O)(=O)c1ccc(C(=O)NC(C)(CN)C2CC2)cc1. The van der Waals surface area contributed by atoms with Gasteiger partial charge in [0.25, 0.3) is 5.91 Å². The van der Waals surface area contributed by atoms with E-state index in [2.05, 4.69) is 10.0 Å². The minimum atomic E-state index is -3.61. The van der Waals surface area contributed by atoms with Gasteiger partial charge in [0.15, 0.2) is 0 Å². The molecule has 6 nitrogen and oxygen atoms in total. The smallest absolute Gasteiger partial charge is 0.251 e. The summed E-state index contributed by atoms with van der Waals surface area (Å²) >= 11 is 0. The van der Waals surface area contributed by atoms with E-state index in [-0.39, 0.29) is 10.8 Å². The first kappa shape index (κ1) is 18.9. The number of carbonyl (C=O) groups is 1. The van der Waals surface area contributed by atoms with Crippen molar-refractivity contribution in [3.63, 3.8) is 0 Å². The fourth-order valence-electron chi connectivity index (χ4n) is 2.62. The molecule has 0 radical (unpaired) electrons. The molecule has 1 aliphatic carbocycles. The second-order valence-corrected chi connectivity index (χ2v) is 9.41. The molecular formula is C17H27N3O3S. The van der Waals surface area contributed by atoms with Crippen molar-refractivity contribution in [3.05, 3.63) is 29.8 Å². The van der Waals surface area contributed by atoms with E-state index in [1.54, 1.807) is 20.8 Å². The minimum absolute atomic E-state index is 0.137. The van der Waals surface area contributed by atoms with E-state index in [9.17, 15) is 13.2 Å². The molecule has 2 rings (SSSR count). The molecule has 1 aromatic rings. The molecule has 1 saturated carbocycles. The third-order valence-corrected chi connectivity index (χ3v) is 5.94. The molecule has 134 valence electrons. The molecule has 1 unspecified atom stereocenters. The van der Waals surface area contributed by atoms with Crippen LogP contribution in [0.15, 0.2) is 29.2 Å². The summed E-state index contributed by atoms with van der Waals surface area (Å²) in [5.74, 6) is 0.185. The molecule has 1 atom stereocenters. The van der Waals surface area contributed by atoms with Crippen LogP contribution in [0.3, 0.4) is 0 Å². The Hall–Kier alpha value is -1.44. The lowest BCUT2D eigenvalue weighted by Crippen LogP contribution is -2.53. The number of nitrogens with one attached hydrogen (secondary N) is 2. The number of rotatable bonds is 6. The molecule has 7 heteroatoms. The number of nitrogens with two attached hydrogens (primary N) is 1. The summed E-state index contributed by atoms with van der Waals surface area (Å²) in [6.07, 6.45) is 2.15. The third kappa shape index (κ3) is 4.55. The molecule has 4 N–H and O–H groups in total. The molecular weight excluding hydrogens is 326 g/mol. The van der Waals surface area contributed by atoms with Gasteiger partial charge in [-0.1, -0.05) is 0 Å². The van der Waals surface area contributed by atoms with Gasteiger partial charge in [-0.25, -0.2) is 13.1 Å². The summed E-state index contributed by atoms with van der Waals surface area (Å²) in [4.78, 5) is 12.5. The third-order valence-electron chi connectivity index (χ3n) is 4.17. The first-order valence-corrected chi connectivity index (χ1v) is 9.62. The van der Waals surface area contributed by atoms with Crippen molar-refractivity contribution in [2.24, 2.45) is 11.7 Å². The maximum Gasteiger partial charge on any atom is 0.251 e. The summed E-state index contributed by atoms with van der Waals surface area (Å²) in [6, 6.07) is 5.94. The van der Waals surface area contributed by atoms with Crippen LogP contribution in [0.1, 0.15) is 50.9 Å². The predicted molar refractivity (Wildman–Crippen MR) is 94.2 cm³/mol. The molecule has 0 aliphatic heterocycles. The van der Waals surface area contributed by atoms with Gasteiger partial charge in [0.05, 0.1) is 10.4 Å². The molecule has 1 aromatic carbocycles. The van der Waals surface area contributed by atoms with Gasteiger partial charge in [0, 0.05) is 17.6 Å². The Morgan fingerprint density at radius 2 is 1.71 bits per heavy atom. The summed E-state index contributed by atoms with van der Waals surface area (Å²) in [7, 11) is -3.61. The molecule has 1 amide bonds. The second-order valence-electron chi connectivity index (χ2n) is 7.73. The summed E-state index contributed by atoms with van der Waals surface area (Å²) < 4.78 is 27.1. The largest absolute Gasteiger partial charge is 0.345 e. The average Bonchev–Trinajstić information content (AvgIpc) is 3.29. The van der Waals surface area contributed by atoms with Crippen LogP contribution in [-0.4, -0.2) is 31.9 Å². The fourth-order valence-corrected chi connectivity index (χ4v) is 4.04. The van der Waals surface area contributed by atoms with Crippen LogP contribution < -0.4 is 15.8 Å². The van der Waals surface area contributed by atoms with Crippen LogP contribution in [0.2, 0.25) is 0 Å². The molecule has 0 bridgehead atoms. The van der Waals surface area contributed by atoms with E-state index in [0.717, 1.165) is 12.8 Å². The highest BCUT2D eigenvalue weighted by molar-refractivity contribution is 7.89. The van der Waals surface area contributed by atoms with Crippen molar-refractivity contribution in [1.82, 2.24) is 10.0 Å². The standard InChI is InChI=1S/C17H27N3O3S/c1-16(2,3)20-24(22,23)14-9-5-12(6-10-14)15(21)19-17(4,11-18)13-7-8-13/h5-6,9-10,13,20H,7-8,11,18H2,1-4H3,(H,19,21). The Morgan fingerprint density at radius 3 is 2.12 bits per heavy atom. The van der Waals surface area contributed by atoms with Crippen molar-refractivity contribution in [3.8, 4) is 0 Å². The van der Waals surface area contributed by atoms with Gasteiger partial charge in [-0.15, -0.1) is 0 Å². The van der Waals surface area contributed by atoms with Gasteiger partial charge < -0.3 is 11.1 Å². The Kier molecular flexibility index (Phi) is 5.09. The van der Waals surface area contributed by atoms with Crippen LogP contribution >= 0.6 is 0 Å². The molecule has 0 aromatic heterocycles. The number of amides is 1. The number of hydrogen-bond donors (Lipinski definition) is 3. The molecule has 1 aliphatic rings. The van der Waals surface area contributed by atoms with Gasteiger partial charge >= 0.3 is 0 Å². The molecule has 0 heterocycles. The van der Waals surface area contributed by atoms with E-state index in [1.807, 2.05) is 6.92 Å². The lowest BCUT2D eigenvalue weighted by Gasteiger charge is -2.29. The Bertz CT molecular complexity index is 704. The van der Waals surface area contributed by atoms with Crippen LogP contribution in [-0.2, 0) is 10.0 Å². The van der Waals surface area contributed by atoms with Gasteiger partial charge in [0.1, 0.15) is 0 Å².